The molecule has 1 amide bonds. The Morgan fingerprint density at radius 2 is 2.00 bits per heavy atom. The minimum Gasteiger partial charge on any atom is -0.383 e. The summed E-state index contributed by atoms with van der Waals surface area (Å²) < 4.78 is 37.9. The van der Waals surface area contributed by atoms with Crippen LogP contribution < -0.4 is 5.32 Å². The molecule has 0 radical (unpaired) electrons. The van der Waals surface area contributed by atoms with Crippen LogP contribution in [-0.2, 0) is 11.8 Å². The van der Waals surface area contributed by atoms with Crippen LogP contribution in [0, 0.1) is 0 Å². The first-order valence-electron chi connectivity index (χ1n) is 6.42. The highest BCUT2D eigenvalue weighted by Crippen LogP contribution is 2.29. The molecule has 0 fully saturated rings. The smallest absolute Gasteiger partial charge is 0.383 e. The van der Waals surface area contributed by atoms with Crippen LogP contribution in [-0.4, -0.2) is 17.6 Å². The van der Waals surface area contributed by atoms with Crippen molar-refractivity contribution in [3.63, 3.8) is 0 Å². The van der Waals surface area contributed by atoms with E-state index in [1.807, 2.05) is 0 Å². The molecule has 1 heterocycles. The second-order valence-electron chi connectivity index (χ2n) is 5.01. The topological polar surface area (TPSA) is 49.3 Å². The predicted octanol–water partition coefficient (Wildman–Crippen LogP) is 3.40. The first kappa shape index (κ1) is 16.5. The number of hydrogen-bond acceptors (Lipinski definition) is 3. The van der Waals surface area contributed by atoms with Crippen LogP contribution in [0.15, 0.2) is 41.8 Å². The normalized spacial score (nSPS) is 14.4. The molecule has 2 aromatic rings. The number of carbonyl (C=O) groups excluding carboxylic acids is 1. The monoisotopic (exact) mass is 329 g/mol. The van der Waals surface area contributed by atoms with Gasteiger partial charge in [-0.2, -0.15) is 13.2 Å². The fourth-order valence-corrected chi connectivity index (χ4v) is 2.65. The molecule has 0 saturated heterocycles. The summed E-state index contributed by atoms with van der Waals surface area (Å²) in [4.78, 5) is 12.6. The molecule has 0 spiro atoms. The maximum atomic E-state index is 12.6. The van der Waals surface area contributed by atoms with Crippen molar-refractivity contribution in [3.8, 4) is 0 Å². The first-order valence-corrected chi connectivity index (χ1v) is 7.30. The molecule has 118 valence electrons. The summed E-state index contributed by atoms with van der Waals surface area (Å²) in [7, 11) is 0. The maximum Gasteiger partial charge on any atom is 0.416 e. The third-order valence-corrected chi connectivity index (χ3v) is 4.22. The quantitative estimate of drug-likeness (QED) is 0.903. The molecule has 1 atom stereocenters. The molecule has 0 aliphatic carbocycles. The molecular formula is C15H14F3NO2S. The van der Waals surface area contributed by atoms with Crippen molar-refractivity contribution < 1.29 is 23.1 Å². The summed E-state index contributed by atoms with van der Waals surface area (Å²) >= 11 is 1.33. The summed E-state index contributed by atoms with van der Waals surface area (Å²) in [5, 5.41) is 14.5. The number of aliphatic hydroxyl groups is 1. The van der Waals surface area contributed by atoms with E-state index in [1.165, 1.54) is 30.4 Å². The number of amides is 1. The van der Waals surface area contributed by atoms with E-state index < -0.39 is 23.2 Å². The third kappa shape index (κ3) is 3.86. The number of benzene rings is 1. The number of thiophene rings is 1. The largest absolute Gasteiger partial charge is 0.416 e. The van der Waals surface area contributed by atoms with Crippen LogP contribution in [0.5, 0.6) is 0 Å². The van der Waals surface area contributed by atoms with Crippen molar-refractivity contribution in [3.05, 3.63) is 57.8 Å². The van der Waals surface area contributed by atoms with E-state index in [0.717, 1.165) is 12.1 Å². The number of carbonyl (C=O) groups is 1. The molecule has 1 aromatic heterocycles. The van der Waals surface area contributed by atoms with Crippen LogP contribution in [0.25, 0.3) is 0 Å². The second-order valence-corrected chi connectivity index (χ2v) is 5.96. The lowest BCUT2D eigenvalue weighted by Crippen LogP contribution is -2.38. The lowest BCUT2D eigenvalue weighted by atomic mass is 10.0. The summed E-state index contributed by atoms with van der Waals surface area (Å²) in [6.07, 6.45) is -4.50. The Kier molecular flexibility index (Phi) is 4.58. The van der Waals surface area contributed by atoms with Crippen molar-refractivity contribution in [1.82, 2.24) is 5.32 Å². The number of alkyl halides is 3. The second kappa shape index (κ2) is 6.10. The van der Waals surface area contributed by atoms with Gasteiger partial charge < -0.3 is 10.4 Å². The molecule has 3 nitrogen and oxygen atoms in total. The Bertz CT molecular complexity index is 651. The number of halogens is 3. The van der Waals surface area contributed by atoms with Gasteiger partial charge in [-0.3, -0.25) is 4.79 Å². The van der Waals surface area contributed by atoms with Crippen molar-refractivity contribution >= 4 is 17.2 Å². The zero-order valence-electron chi connectivity index (χ0n) is 11.6. The average Bonchev–Trinajstić information content (AvgIpc) is 2.99. The van der Waals surface area contributed by atoms with E-state index in [4.69, 9.17) is 0 Å². The zero-order valence-corrected chi connectivity index (χ0v) is 12.5. The van der Waals surface area contributed by atoms with Crippen molar-refractivity contribution in [2.24, 2.45) is 0 Å². The lowest BCUT2D eigenvalue weighted by molar-refractivity contribution is -0.137. The van der Waals surface area contributed by atoms with E-state index in [0.29, 0.717) is 4.88 Å². The molecular weight excluding hydrogens is 315 g/mol. The molecule has 22 heavy (non-hydrogen) atoms. The highest BCUT2D eigenvalue weighted by atomic mass is 32.1. The molecule has 0 saturated carbocycles. The van der Waals surface area contributed by atoms with Gasteiger partial charge >= 0.3 is 6.18 Å². The maximum absolute atomic E-state index is 12.6. The minimum atomic E-state index is -4.50. The third-order valence-electron chi connectivity index (χ3n) is 3.10. The van der Waals surface area contributed by atoms with Crippen LogP contribution >= 0.6 is 11.3 Å². The first-order chi connectivity index (χ1) is 10.2. The Labute approximate surface area is 129 Å². The predicted molar refractivity (Wildman–Crippen MR) is 77.7 cm³/mol. The molecule has 0 bridgehead atoms. The van der Waals surface area contributed by atoms with Gasteiger partial charge in [-0.1, -0.05) is 12.1 Å². The van der Waals surface area contributed by atoms with Crippen LogP contribution in [0.2, 0.25) is 0 Å². The number of hydrogen-bond donors (Lipinski definition) is 2. The Balaban J connectivity index is 2.07. The van der Waals surface area contributed by atoms with Crippen molar-refractivity contribution in [1.29, 1.82) is 0 Å². The SMILES string of the molecule is CC(O)(CNC(=O)c1cccc(C(F)(F)F)c1)c1cccs1. The number of rotatable bonds is 4. The molecule has 1 unspecified atom stereocenters. The van der Waals surface area contributed by atoms with Gasteiger partial charge in [-0.15, -0.1) is 11.3 Å². The van der Waals surface area contributed by atoms with Gasteiger partial charge in [0, 0.05) is 10.4 Å². The van der Waals surface area contributed by atoms with Gasteiger partial charge in [0.1, 0.15) is 5.60 Å². The van der Waals surface area contributed by atoms with Crippen molar-refractivity contribution in [2.45, 2.75) is 18.7 Å². The summed E-state index contributed by atoms with van der Waals surface area (Å²) in [6.45, 7) is 1.44. The molecule has 2 rings (SSSR count). The minimum absolute atomic E-state index is 0.0947. The van der Waals surface area contributed by atoms with Gasteiger partial charge in [0.05, 0.1) is 12.1 Å². The van der Waals surface area contributed by atoms with E-state index in [2.05, 4.69) is 5.32 Å². The van der Waals surface area contributed by atoms with E-state index in [1.54, 1.807) is 17.5 Å². The Morgan fingerprint density at radius 3 is 2.59 bits per heavy atom. The highest BCUT2D eigenvalue weighted by molar-refractivity contribution is 7.10. The molecule has 7 heteroatoms. The van der Waals surface area contributed by atoms with E-state index >= 15 is 0 Å². The van der Waals surface area contributed by atoms with E-state index in [9.17, 15) is 23.1 Å². The summed E-state index contributed by atoms with van der Waals surface area (Å²) in [6, 6.07) is 7.65. The molecule has 1 aromatic carbocycles. The van der Waals surface area contributed by atoms with Gasteiger partial charge in [-0.05, 0) is 36.6 Å². The number of nitrogens with one attached hydrogen (secondary N) is 1. The summed E-state index contributed by atoms with van der Waals surface area (Å²) in [5.41, 5.74) is -2.26. The van der Waals surface area contributed by atoms with Gasteiger partial charge in [0.15, 0.2) is 0 Å². The highest BCUT2D eigenvalue weighted by Gasteiger charge is 2.31. The van der Waals surface area contributed by atoms with Gasteiger partial charge in [-0.25, -0.2) is 0 Å². The molecule has 0 aliphatic rings. The van der Waals surface area contributed by atoms with Crippen LogP contribution in [0.4, 0.5) is 13.2 Å². The Hall–Kier alpha value is -1.86. The lowest BCUT2D eigenvalue weighted by Gasteiger charge is -2.22. The zero-order chi connectivity index (χ0) is 16.4. The van der Waals surface area contributed by atoms with Crippen molar-refractivity contribution in [2.75, 3.05) is 6.54 Å². The molecule has 2 N–H and O–H groups in total. The van der Waals surface area contributed by atoms with Crippen LogP contribution in [0.1, 0.15) is 27.7 Å². The van der Waals surface area contributed by atoms with E-state index in [-0.39, 0.29) is 12.1 Å². The van der Waals surface area contributed by atoms with Crippen LogP contribution in [0.3, 0.4) is 0 Å². The average molecular weight is 329 g/mol. The van der Waals surface area contributed by atoms with Gasteiger partial charge in [0.25, 0.3) is 5.91 Å². The Morgan fingerprint density at radius 1 is 1.27 bits per heavy atom. The fraction of sp³-hybridized carbons (Fsp3) is 0.267. The fourth-order valence-electron chi connectivity index (χ4n) is 1.86. The summed E-state index contributed by atoms with van der Waals surface area (Å²) in [5.74, 6) is -0.664. The standard InChI is InChI=1S/C15H14F3NO2S/c1-14(21,12-6-3-7-22-12)9-19-13(20)10-4-2-5-11(8-10)15(16,17)18/h2-8,21H,9H2,1H3,(H,19,20). The molecule has 0 aliphatic heterocycles. The van der Waals surface area contributed by atoms with Gasteiger partial charge in [0.2, 0.25) is 0 Å².